The van der Waals surface area contributed by atoms with E-state index in [2.05, 4.69) is 25.9 Å². The number of nitrogens with zero attached hydrogens (tertiary/aromatic N) is 2. The molecular weight excluding hydrogens is 296 g/mol. The van der Waals surface area contributed by atoms with E-state index in [-0.39, 0.29) is 6.61 Å². The second kappa shape index (κ2) is 4.78. The van der Waals surface area contributed by atoms with Gasteiger partial charge in [-0.05, 0) is 40.2 Å². The van der Waals surface area contributed by atoms with Crippen molar-refractivity contribution in [1.29, 1.82) is 0 Å². The minimum Gasteiger partial charge on any atom is -0.484 e. The zero-order valence-electron chi connectivity index (χ0n) is 9.34. The maximum atomic E-state index is 5.56. The minimum atomic E-state index is 0.290. The number of halogens is 1. The second-order valence-electron chi connectivity index (χ2n) is 3.67. The highest BCUT2D eigenvalue weighted by Gasteiger charge is 2.07. The molecule has 0 bridgehead atoms. The molecule has 4 nitrogen and oxygen atoms in total. The molecular formula is C13H9BrN2O2. The lowest BCUT2D eigenvalue weighted by atomic mass is 10.3. The summed E-state index contributed by atoms with van der Waals surface area (Å²) in [7, 11) is 0. The first-order chi connectivity index (χ1) is 8.81. The van der Waals surface area contributed by atoms with Gasteiger partial charge in [-0.15, -0.1) is 0 Å². The van der Waals surface area contributed by atoms with Crippen molar-refractivity contribution in [3.05, 3.63) is 53.0 Å². The Kier molecular flexibility index (Phi) is 2.98. The molecule has 0 unspecified atom stereocenters. The van der Waals surface area contributed by atoms with Gasteiger partial charge in [0.2, 0.25) is 5.89 Å². The quantitative estimate of drug-likeness (QED) is 0.694. The van der Waals surface area contributed by atoms with Crippen LogP contribution < -0.4 is 4.74 Å². The number of para-hydroxylation sites is 1. The molecule has 0 atom stereocenters. The largest absolute Gasteiger partial charge is 0.484 e. The Morgan fingerprint density at radius 3 is 2.72 bits per heavy atom. The third kappa shape index (κ3) is 2.36. The SMILES string of the molecule is Brc1ccc2oc(COc3ccccc3)nc2n1. The molecule has 0 saturated carbocycles. The first-order valence-electron chi connectivity index (χ1n) is 5.41. The number of aromatic nitrogens is 2. The van der Waals surface area contributed by atoms with E-state index >= 15 is 0 Å². The molecule has 2 aromatic heterocycles. The van der Waals surface area contributed by atoms with Crippen LogP contribution in [0.5, 0.6) is 5.75 Å². The maximum absolute atomic E-state index is 5.56. The van der Waals surface area contributed by atoms with Gasteiger partial charge in [0.1, 0.15) is 10.4 Å². The fraction of sp³-hybridized carbons (Fsp3) is 0.0769. The topological polar surface area (TPSA) is 48.2 Å². The molecule has 18 heavy (non-hydrogen) atoms. The van der Waals surface area contributed by atoms with Crippen molar-refractivity contribution >= 4 is 27.2 Å². The number of fused-ring (bicyclic) bond motifs is 1. The minimum absolute atomic E-state index is 0.290. The second-order valence-corrected chi connectivity index (χ2v) is 4.48. The highest BCUT2D eigenvalue weighted by atomic mass is 79.9. The molecule has 3 rings (SSSR count). The number of pyridine rings is 1. The van der Waals surface area contributed by atoms with Crippen LogP contribution in [0.1, 0.15) is 5.89 Å². The summed E-state index contributed by atoms with van der Waals surface area (Å²) >= 11 is 3.29. The normalized spacial score (nSPS) is 10.7. The van der Waals surface area contributed by atoms with Crippen LogP contribution in [0.4, 0.5) is 0 Å². The van der Waals surface area contributed by atoms with Crippen LogP contribution in [-0.4, -0.2) is 9.97 Å². The first kappa shape index (κ1) is 11.2. The predicted octanol–water partition coefficient (Wildman–Crippen LogP) is 3.56. The monoisotopic (exact) mass is 304 g/mol. The number of ether oxygens (including phenoxy) is 1. The molecule has 5 heteroatoms. The van der Waals surface area contributed by atoms with Crippen LogP contribution >= 0.6 is 15.9 Å². The number of hydrogen-bond acceptors (Lipinski definition) is 4. The van der Waals surface area contributed by atoms with E-state index < -0.39 is 0 Å². The number of rotatable bonds is 3. The Labute approximate surface area is 112 Å². The summed E-state index contributed by atoms with van der Waals surface area (Å²) < 4.78 is 11.8. The summed E-state index contributed by atoms with van der Waals surface area (Å²) in [6.07, 6.45) is 0. The molecule has 0 aliphatic carbocycles. The van der Waals surface area contributed by atoms with Crippen LogP contribution in [0.15, 0.2) is 51.5 Å². The molecule has 0 spiro atoms. The molecule has 0 aliphatic rings. The van der Waals surface area contributed by atoms with E-state index in [9.17, 15) is 0 Å². The molecule has 0 radical (unpaired) electrons. The number of hydrogen-bond donors (Lipinski definition) is 0. The number of oxazole rings is 1. The molecule has 2 heterocycles. The molecule has 90 valence electrons. The molecule has 0 N–H and O–H groups in total. The van der Waals surface area contributed by atoms with E-state index in [4.69, 9.17) is 9.15 Å². The fourth-order valence-corrected chi connectivity index (χ4v) is 1.86. The van der Waals surface area contributed by atoms with Gasteiger partial charge in [-0.3, -0.25) is 0 Å². The average Bonchev–Trinajstić information content (AvgIpc) is 2.79. The van der Waals surface area contributed by atoms with Gasteiger partial charge in [0.15, 0.2) is 17.8 Å². The Balaban J connectivity index is 1.79. The predicted molar refractivity (Wildman–Crippen MR) is 70.3 cm³/mol. The highest BCUT2D eigenvalue weighted by molar-refractivity contribution is 9.10. The van der Waals surface area contributed by atoms with Crippen molar-refractivity contribution < 1.29 is 9.15 Å². The third-order valence-electron chi connectivity index (χ3n) is 2.37. The van der Waals surface area contributed by atoms with Crippen LogP contribution in [0.2, 0.25) is 0 Å². The van der Waals surface area contributed by atoms with Gasteiger partial charge in [0.25, 0.3) is 0 Å². The standard InChI is InChI=1S/C13H9BrN2O2/c14-11-7-6-10-13(15-11)16-12(18-10)8-17-9-4-2-1-3-5-9/h1-7H,8H2. The molecule has 0 saturated heterocycles. The van der Waals surface area contributed by atoms with Crippen LogP contribution in [-0.2, 0) is 6.61 Å². The van der Waals surface area contributed by atoms with Crippen molar-refractivity contribution in [2.45, 2.75) is 6.61 Å². The van der Waals surface area contributed by atoms with E-state index in [1.54, 1.807) is 0 Å². The van der Waals surface area contributed by atoms with E-state index in [0.717, 1.165) is 10.4 Å². The maximum Gasteiger partial charge on any atom is 0.235 e. The van der Waals surface area contributed by atoms with E-state index in [1.165, 1.54) is 0 Å². The third-order valence-corrected chi connectivity index (χ3v) is 2.81. The van der Waals surface area contributed by atoms with Gasteiger partial charge in [-0.25, -0.2) is 4.98 Å². The fourth-order valence-electron chi connectivity index (χ4n) is 1.56. The van der Waals surface area contributed by atoms with Gasteiger partial charge >= 0.3 is 0 Å². The van der Waals surface area contributed by atoms with Gasteiger partial charge in [0, 0.05) is 0 Å². The summed E-state index contributed by atoms with van der Waals surface area (Å²) in [5, 5.41) is 0. The van der Waals surface area contributed by atoms with E-state index in [1.807, 2.05) is 42.5 Å². The Bertz CT molecular complexity index is 667. The van der Waals surface area contributed by atoms with Crippen molar-refractivity contribution in [3.63, 3.8) is 0 Å². The lowest BCUT2D eigenvalue weighted by Gasteiger charge is -2.01. The zero-order chi connectivity index (χ0) is 12.4. The molecule has 0 aliphatic heterocycles. The van der Waals surface area contributed by atoms with Crippen LogP contribution in [0.25, 0.3) is 11.2 Å². The van der Waals surface area contributed by atoms with Gasteiger partial charge in [-0.2, -0.15) is 4.98 Å². The van der Waals surface area contributed by atoms with Crippen LogP contribution in [0.3, 0.4) is 0 Å². The first-order valence-corrected chi connectivity index (χ1v) is 6.20. The van der Waals surface area contributed by atoms with Crippen LogP contribution in [0, 0.1) is 0 Å². The zero-order valence-corrected chi connectivity index (χ0v) is 10.9. The van der Waals surface area contributed by atoms with Gasteiger partial charge in [-0.1, -0.05) is 18.2 Å². The van der Waals surface area contributed by atoms with Crippen molar-refractivity contribution in [3.8, 4) is 5.75 Å². The summed E-state index contributed by atoms with van der Waals surface area (Å²) in [4.78, 5) is 8.46. The lowest BCUT2D eigenvalue weighted by Crippen LogP contribution is -1.94. The summed E-state index contributed by atoms with van der Waals surface area (Å²) in [5.41, 5.74) is 1.24. The smallest absolute Gasteiger partial charge is 0.235 e. The summed E-state index contributed by atoms with van der Waals surface area (Å²) in [6.45, 7) is 0.290. The Morgan fingerprint density at radius 1 is 1.06 bits per heavy atom. The Morgan fingerprint density at radius 2 is 1.89 bits per heavy atom. The molecule has 0 amide bonds. The van der Waals surface area contributed by atoms with Crippen molar-refractivity contribution in [2.24, 2.45) is 0 Å². The van der Waals surface area contributed by atoms with Gasteiger partial charge < -0.3 is 9.15 Å². The number of benzene rings is 1. The summed E-state index contributed by atoms with van der Waals surface area (Å²) in [5.74, 6) is 1.30. The van der Waals surface area contributed by atoms with Crippen molar-refractivity contribution in [1.82, 2.24) is 9.97 Å². The highest BCUT2D eigenvalue weighted by Crippen LogP contribution is 2.18. The lowest BCUT2D eigenvalue weighted by molar-refractivity contribution is 0.267. The van der Waals surface area contributed by atoms with Crippen molar-refractivity contribution in [2.75, 3.05) is 0 Å². The van der Waals surface area contributed by atoms with Gasteiger partial charge in [0.05, 0.1) is 0 Å². The Hall–Kier alpha value is -1.88. The molecule has 1 aromatic carbocycles. The molecule has 0 fully saturated rings. The average molecular weight is 305 g/mol. The summed E-state index contributed by atoms with van der Waals surface area (Å²) in [6, 6.07) is 13.2. The molecule has 3 aromatic rings. The van der Waals surface area contributed by atoms with E-state index in [0.29, 0.717) is 17.1 Å².